The molecule has 1 aromatic carbocycles. The molecule has 0 radical (unpaired) electrons. The van der Waals surface area contributed by atoms with Gasteiger partial charge in [0.25, 0.3) is 0 Å². The molecule has 2 aliphatic rings. The maximum Gasteiger partial charge on any atom is 0.416 e. The summed E-state index contributed by atoms with van der Waals surface area (Å²) in [4.78, 5) is -0.389. The van der Waals surface area contributed by atoms with Crippen molar-refractivity contribution in [2.24, 2.45) is 17.0 Å². The summed E-state index contributed by atoms with van der Waals surface area (Å²) in [5.41, 5.74) is -1.02. The molecule has 3 rings (SSSR count). The maximum atomic E-state index is 13.4. The Bertz CT molecular complexity index is 688. The van der Waals surface area contributed by atoms with E-state index >= 15 is 0 Å². The lowest BCUT2D eigenvalue weighted by Crippen LogP contribution is -2.23. The molecule has 0 unspecified atom stereocenters. The van der Waals surface area contributed by atoms with Crippen molar-refractivity contribution < 1.29 is 21.6 Å². The van der Waals surface area contributed by atoms with Gasteiger partial charge in [-0.3, -0.25) is 0 Å². The van der Waals surface area contributed by atoms with E-state index in [-0.39, 0.29) is 16.4 Å². The minimum Gasteiger partial charge on any atom is -0.316 e. The summed E-state index contributed by atoms with van der Waals surface area (Å²) in [5, 5.41) is 8.34. The van der Waals surface area contributed by atoms with E-state index in [9.17, 15) is 21.6 Å². The first kappa shape index (κ1) is 15.8. The van der Waals surface area contributed by atoms with E-state index < -0.39 is 27.7 Å². The molecule has 0 bridgehead atoms. The number of nitrogens with one attached hydrogen (secondary N) is 1. The molecule has 1 aliphatic carbocycles. The number of halogens is 3. The Labute approximate surface area is 126 Å². The normalized spacial score (nSPS) is 28.8. The van der Waals surface area contributed by atoms with Crippen molar-refractivity contribution in [2.75, 3.05) is 13.1 Å². The monoisotopic (exact) mass is 334 g/mol. The smallest absolute Gasteiger partial charge is 0.316 e. The lowest BCUT2D eigenvalue weighted by Gasteiger charge is -2.24. The number of primary sulfonamides is 1. The molecule has 1 heterocycles. The number of sulfonamides is 1. The molecule has 3 atom stereocenters. The second-order valence-electron chi connectivity index (χ2n) is 6.03. The molecule has 122 valence electrons. The largest absolute Gasteiger partial charge is 0.416 e. The van der Waals surface area contributed by atoms with Gasteiger partial charge in [0.15, 0.2) is 0 Å². The number of hydrogen-bond donors (Lipinski definition) is 2. The predicted octanol–water partition coefficient (Wildman–Crippen LogP) is 2.07. The first-order chi connectivity index (χ1) is 10.2. The minimum absolute atomic E-state index is 0.0315. The van der Waals surface area contributed by atoms with Crippen molar-refractivity contribution in [3.8, 4) is 0 Å². The molecule has 3 N–H and O–H groups in total. The highest BCUT2D eigenvalue weighted by Crippen LogP contribution is 2.50. The number of benzene rings is 1. The van der Waals surface area contributed by atoms with Gasteiger partial charge < -0.3 is 5.32 Å². The fourth-order valence-electron chi connectivity index (χ4n) is 3.93. The zero-order valence-corrected chi connectivity index (χ0v) is 12.5. The first-order valence-corrected chi connectivity index (χ1v) is 8.68. The summed E-state index contributed by atoms with van der Waals surface area (Å²) in [6.07, 6.45) is -3.23. The molecule has 1 saturated carbocycles. The van der Waals surface area contributed by atoms with Gasteiger partial charge >= 0.3 is 6.18 Å². The second kappa shape index (κ2) is 5.21. The van der Waals surface area contributed by atoms with E-state index in [4.69, 9.17) is 5.14 Å². The van der Waals surface area contributed by atoms with Crippen molar-refractivity contribution >= 4 is 10.0 Å². The number of rotatable bonds is 2. The Balaban J connectivity index is 2.19. The average molecular weight is 334 g/mol. The molecule has 22 heavy (non-hydrogen) atoms. The zero-order valence-electron chi connectivity index (χ0n) is 11.7. The predicted molar refractivity (Wildman–Crippen MR) is 74.6 cm³/mol. The number of alkyl halides is 3. The zero-order chi connectivity index (χ0) is 16.1. The molecule has 1 aromatic rings. The van der Waals surface area contributed by atoms with Gasteiger partial charge in [0.05, 0.1) is 10.5 Å². The van der Waals surface area contributed by atoms with Crippen molar-refractivity contribution in [3.05, 3.63) is 29.3 Å². The van der Waals surface area contributed by atoms with Crippen LogP contribution in [0.5, 0.6) is 0 Å². The van der Waals surface area contributed by atoms with Crippen LogP contribution in [0.15, 0.2) is 23.1 Å². The first-order valence-electron chi connectivity index (χ1n) is 7.13. The van der Waals surface area contributed by atoms with E-state index in [0.717, 1.165) is 25.1 Å². The van der Waals surface area contributed by atoms with Crippen LogP contribution in [0.4, 0.5) is 13.2 Å². The van der Waals surface area contributed by atoms with Crippen LogP contribution in [-0.4, -0.2) is 21.5 Å². The topological polar surface area (TPSA) is 72.2 Å². The fraction of sp³-hybridized carbons (Fsp3) is 0.571. The van der Waals surface area contributed by atoms with Gasteiger partial charge in [0.1, 0.15) is 0 Å². The van der Waals surface area contributed by atoms with Gasteiger partial charge in [-0.1, -0.05) is 6.07 Å². The van der Waals surface area contributed by atoms with Crippen LogP contribution in [0.25, 0.3) is 0 Å². The van der Waals surface area contributed by atoms with Gasteiger partial charge in [-0.05, 0) is 61.4 Å². The highest BCUT2D eigenvalue weighted by Gasteiger charge is 2.45. The molecule has 8 heteroatoms. The molecule has 0 spiro atoms. The Morgan fingerprint density at radius 3 is 2.55 bits per heavy atom. The Hall–Kier alpha value is -1.12. The van der Waals surface area contributed by atoms with E-state index in [1.54, 1.807) is 0 Å². The summed E-state index contributed by atoms with van der Waals surface area (Å²) in [5.74, 6) is -0.0882. The molecular formula is C14H17F3N2O2S. The average Bonchev–Trinajstić information content (AvgIpc) is 2.97. The standard InChI is InChI=1S/C14H17F3N2O2S/c15-14(16,17)11-2-1-3-12(22(18,20)21)13(11)9-5-4-8-6-19-7-10(8)9/h1-3,8-10,19H,4-7H2,(H2,18,20,21)/t8-,9+,10+/m0/s1. The van der Waals surface area contributed by atoms with Gasteiger partial charge in [-0.2, -0.15) is 13.2 Å². The van der Waals surface area contributed by atoms with Crippen LogP contribution in [0.1, 0.15) is 29.9 Å². The summed E-state index contributed by atoms with van der Waals surface area (Å²) < 4.78 is 63.6. The summed E-state index contributed by atoms with van der Waals surface area (Å²) in [7, 11) is -4.20. The fourth-order valence-corrected chi connectivity index (χ4v) is 4.76. The summed E-state index contributed by atoms with van der Waals surface area (Å²) >= 11 is 0. The van der Waals surface area contributed by atoms with Crippen LogP contribution in [-0.2, 0) is 16.2 Å². The highest BCUT2D eigenvalue weighted by atomic mass is 32.2. The summed E-state index contributed by atoms with van der Waals surface area (Å²) in [6.45, 7) is 1.39. The third-order valence-electron chi connectivity index (χ3n) is 4.81. The van der Waals surface area contributed by atoms with Gasteiger partial charge in [0.2, 0.25) is 10.0 Å². The highest BCUT2D eigenvalue weighted by molar-refractivity contribution is 7.89. The molecule has 0 amide bonds. The number of hydrogen-bond acceptors (Lipinski definition) is 3. The molecule has 4 nitrogen and oxygen atoms in total. The SMILES string of the molecule is NS(=O)(=O)c1cccc(C(F)(F)F)c1[C@@H]1CC[C@H]2CNC[C@H]21. The van der Waals surface area contributed by atoms with Crippen molar-refractivity contribution in [3.63, 3.8) is 0 Å². The van der Waals surface area contributed by atoms with E-state index in [1.807, 2.05) is 0 Å². The molecule has 1 aliphatic heterocycles. The molecule has 2 fully saturated rings. The molecular weight excluding hydrogens is 317 g/mol. The lowest BCUT2D eigenvalue weighted by molar-refractivity contribution is -0.138. The van der Waals surface area contributed by atoms with Crippen LogP contribution >= 0.6 is 0 Å². The quantitative estimate of drug-likeness (QED) is 0.870. The van der Waals surface area contributed by atoms with E-state index in [2.05, 4.69) is 5.32 Å². The van der Waals surface area contributed by atoms with E-state index in [1.165, 1.54) is 6.07 Å². The Morgan fingerprint density at radius 2 is 1.91 bits per heavy atom. The number of fused-ring (bicyclic) bond motifs is 1. The van der Waals surface area contributed by atoms with Crippen LogP contribution < -0.4 is 10.5 Å². The van der Waals surface area contributed by atoms with E-state index in [0.29, 0.717) is 18.9 Å². The van der Waals surface area contributed by atoms with Gasteiger partial charge in [0, 0.05) is 0 Å². The molecule has 0 aromatic heterocycles. The van der Waals surface area contributed by atoms with Gasteiger partial charge in [-0.25, -0.2) is 13.6 Å². The van der Waals surface area contributed by atoms with Crippen molar-refractivity contribution in [2.45, 2.75) is 29.8 Å². The number of nitrogens with two attached hydrogens (primary N) is 1. The second-order valence-corrected chi connectivity index (χ2v) is 7.56. The van der Waals surface area contributed by atoms with Crippen molar-refractivity contribution in [1.29, 1.82) is 0 Å². The Morgan fingerprint density at radius 1 is 1.18 bits per heavy atom. The van der Waals surface area contributed by atoms with Crippen LogP contribution in [0.3, 0.4) is 0 Å². The third-order valence-corrected chi connectivity index (χ3v) is 5.78. The van der Waals surface area contributed by atoms with Crippen molar-refractivity contribution in [1.82, 2.24) is 5.32 Å². The van der Waals surface area contributed by atoms with Crippen LogP contribution in [0.2, 0.25) is 0 Å². The molecule has 1 saturated heterocycles. The summed E-state index contributed by atoms with van der Waals surface area (Å²) in [6, 6.07) is 3.22. The minimum atomic E-state index is -4.60. The van der Waals surface area contributed by atoms with Crippen LogP contribution in [0, 0.1) is 11.8 Å². The lowest BCUT2D eigenvalue weighted by atomic mass is 9.84. The van der Waals surface area contributed by atoms with Gasteiger partial charge in [-0.15, -0.1) is 0 Å². The Kier molecular flexibility index (Phi) is 3.73. The third kappa shape index (κ3) is 2.63. The maximum absolute atomic E-state index is 13.4.